The first-order valence-electron chi connectivity index (χ1n) is 4.52. The molecule has 1 rings (SSSR count). The summed E-state index contributed by atoms with van der Waals surface area (Å²) in [6.07, 6.45) is 0. The molecule has 0 saturated heterocycles. The third-order valence-electron chi connectivity index (χ3n) is 1.92. The summed E-state index contributed by atoms with van der Waals surface area (Å²) in [5, 5.41) is 12.8. The van der Waals surface area contributed by atoms with Crippen LogP contribution >= 0.6 is 23.2 Å². The van der Waals surface area contributed by atoms with Crippen molar-refractivity contribution < 1.29 is 9.84 Å². The van der Waals surface area contributed by atoms with Gasteiger partial charge in [0.2, 0.25) is 0 Å². The van der Waals surface area contributed by atoms with Crippen LogP contribution in [0.15, 0.2) is 12.1 Å². The maximum absolute atomic E-state index is 8.61. The van der Waals surface area contributed by atoms with E-state index < -0.39 is 0 Å². The molecule has 0 aliphatic heterocycles. The van der Waals surface area contributed by atoms with Crippen molar-refractivity contribution in [3.05, 3.63) is 27.7 Å². The van der Waals surface area contributed by atoms with Crippen LogP contribution in [0, 0.1) is 0 Å². The molecule has 0 aliphatic rings. The second-order valence-electron chi connectivity index (χ2n) is 2.98. The lowest BCUT2D eigenvalue weighted by atomic mass is 10.2. The first-order chi connectivity index (χ1) is 7.19. The van der Waals surface area contributed by atoms with Crippen LogP contribution in [0.2, 0.25) is 10.0 Å². The highest BCUT2D eigenvalue weighted by molar-refractivity contribution is 6.34. The van der Waals surface area contributed by atoms with Crippen LogP contribution in [0.4, 0.5) is 0 Å². The zero-order valence-corrected chi connectivity index (χ0v) is 9.90. The fraction of sp³-hybridized carbons (Fsp3) is 0.400. The summed E-state index contributed by atoms with van der Waals surface area (Å²) in [4.78, 5) is 0. The Morgan fingerprint density at radius 2 is 2.07 bits per heavy atom. The summed E-state index contributed by atoms with van der Waals surface area (Å²) in [6.45, 7) is 1.20. The quantitative estimate of drug-likeness (QED) is 0.786. The smallest absolute Gasteiger partial charge is 0.138 e. The van der Waals surface area contributed by atoms with Crippen molar-refractivity contribution in [1.82, 2.24) is 5.32 Å². The molecule has 1 aromatic rings. The minimum Gasteiger partial charge on any atom is -0.495 e. The highest BCUT2D eigenvalue weighted by Gasteiger charge is 2.07. The molecule has 0 bridgehead atoms. The lowest BCUT2D eigenvalue weighted by Gasteiger charge is -2.09. The summed E-state index contributed by atoms with van der Waals surface area (Å²) in [5.74, 6) is 0.563. The lowest BCUT2D eigenvalue weighted by Crippen LogP contribution is -2.17. The average molecular weight is 250 g/mol. The third kappa shape index (κ3) is 3.54. The van der Waals surface area contributed by atoms with E-state index in [1.54, 1.807) is 19.2 Å². The van der Waals surface area contributed by atoms with Gasteiger partial charge in [-0.2, -0.15) is 0 Å². The molecule has 0 radical (unpaired) electrons. The summed E-state index contributed by atoms with van der Waals surface area (Å²) in [5.41, 5.74) is 0.885. The van der Waals surface area contributed by atoms with E-state index >= 15 is 0 Å². The summed E-state index contributed by atoms with van der Waals surface area (Å²) in [7, 11) is 1.54. The number of hydrogen-bond acceptors (Lipinski definition) is 3. The normalized spacial score (nSPS) is 10.4. The van der Waals surface area contributed by atoms with Crippen molar-refractivity contribution in [3.63, 3.8) is 0 Å². The van der Waals surface area contributed by atoms with Gasteiger partial charge in [-0.15, -0.1) is 0 Å². The monoisotopic (exact) mass is 249 g/mol. The number of benzene rings is 1. The van der Waals surface area contributed by atoms with E-state index in [9.17, 15) is 0 Å². The summed E-state index contributed by atoms with van der Waals surface area (Å²) in [6, 6.07) is 3.44. The van der Waals surface area contributed by atoms with Crippen LogP contribution in [0.5, 0.6) is 5.75 Å². The maximum atomic E-state index is 8.61. The molecule has 0 saturated carbocycles. The maximum Gasteiger partial charge on any atom is 0.138 e. The van der Waals surface area contributed by atoms with E-state index in [1.165, 1.54) is 0 Å². The van der Waals surface area contributed by atoms with Crippen LogP contribution in [0.1, 0.15) is 5.56 Å². The van der Waals surface area contributed by atoms with Crippen molar-refractivity contribution in [1.29, 1.82) is 0 Å². The van der Waals surface area contributed by atoms with Gasteiger partial charge in [0.1, 0.15) is 5.75 Å². The SMILES string of the molecule is COc1cc(Cl)c(CNCCO)cc1Cl. The highest BCUT2D eigenvalue weighted by atomic mass is 35.5. The molecule has 84 valence electrons. The summed E-state index contributed by atoms with van der Waals surface area (Å²) < 4.78 is 5.03. The van der Waals surface area contributed by atoms with Gasteiger partial charge in [0, 0.05) is 24.2 Å². The van der Waals surface area contributed by atoms with Gasteiger partial charge in [0.05, 0.1) is 18.7 Å². The third-order valence-corrected chi connectivity index (χ3v) is 2.57. The first kappa shape index (κ1) is 12.6. The van der Waals surface area contributed by atoms with E-state index in [-0.39, 0.29) is 6.61 Å². The molecule has 0 aromatic heterocycles. The van der Waals surface area contributed by atoms with Crippen LogP contribution in [0.3, 0.4) is 0 Å². The molecule has 1 aromatic carbocycles. The minimum absolute atomic E-state index is 0.0987. The molecule has 0 heterocycles. The van der Waals surface area contributed by atoms with E-state index in [0.29, 0.717) is 28.9 Å². The Labute approximate surface area is 99.0 Å². The predicted octanol–water partition coefficient (Wildman–Crippen LogP) is 2.08. The van der Waals surface area contributed by atoms with E-state index in [0.717, 1.165) is 5.56 Å². The zero-order valence-electron chi connectivity index (χ0n) is 8.39. The molecule has 0 fully saturated rings. The molecule has 0 spiro atoms. The second-order valence-corrected chi connectivity index (χ2v) is 3.79. The van der Waals surface area contributed by atoms with Gasteiger partial charge < -0.3 is 15.2 Å². The fourth-order valence-electron chi connectivity index (χ4n) is 1.16. The van der Waals surface area contributed by atoms with Gasteiger partial charge in [0.15, 0.2) is 0 Å². The molecule has 0 aliphatic carbocycles. The first-order valence-corrected chi connectivity index (χ1v) is 5.28. The lowest BCUT2D eigenvalue weighted by molar-refractivity contribution is 0.292. The standard InChI is InChI=1S/C10H13Cl2NO2/c1-15-10-5-8(11)7(4-9(10)12)6-13-2-3-14/h4-5,13-14H,2-3,6H2,1H3. The molecule has 15 heavy (non-hydrogen) atoms. The molecule has 3 nitrogen and oxygen atoms in total. The molecular weight excluding hydrogens is 237 g/mol. The number of aliphatic hydroxyl groups is 1. The number of nitrogens with one attached hydrogen (secondary N) is 1. The van der Waals surface area contributed by atoms with E-state index in [4.69, 9.17) is 33.0 Å². The van der Waals surface area contributed by atoms with Gasteiger partial charge in [0.25, 0.3) is 0 Å². The van der Waals surface area contributed by atoms with Crippen molar-refractivity contribution in [2.75, 3.05) is 20.3 Å². The van der Waals surface area contributed by atoms with E-state index in [1.807, 2.05) is 0 Å². The second kappa shape index (κ2) is 6.18. The Morgan fingerprint density at radius 1 is 1.33 bits per heavy atom. The van der Waals surface area contributed by atoms with Gasteiger partial charge in [-0.25, -0.2) is 0 Å². The van der Waals surface area contributed by atoms with Crippen molar-refractivity contribution >= 4 is 23.2 Å². The average Bonchev–Trinajstić information content (AvgIpc) is 2.23. The van der Waals surface area contributed by atoms with Crippen molar-refractivity contribution in [2.45, 2.75) is 6.54 Å². The molecule has 2 N–H and O–H groups in total. The Bertz CT molecular complexity index is 331. The number of aliphatic hydroxyl groups excluding tert-OH is 1. The zero-order chi connectivity index (χ0) is 11.3. The Kier molecular flexibility index (Phi) is 5.19. The largest absolute Gasteiger partial charge is 0.495 e. The number of hydrogen-bond donors (Lipinski definition) is 2. The van der Waals surface area contributed by atoms with Gasteiger partial charge >= 0.3 is 0 Å². The summed E-state index contributed by atoms with van der Waals surface area (Å²) >= 11 is 12.0. The van der Waals surface area contributed by atoms with E-state index in [2.05, 4.69) is 5.32 Å². The topological polar surface area (TPSA) is 41.5 Å². The van der Waals surface area contributed by atoms with Crippen LogP contribution in [-0.4, -0.2) is 25.4 Å². The Morgan fingerprint density at radius 3 is 2.67 bits per heavy atom. The number of ether oxygens (including phenoxy) is 1. The van der Waals surface area contributed by atoms with Gasteiger partial charge in [-0.1, -0.05) is 23.2 Å². The fourth-order valence-corrected chi connectivity index (χ4v) is 1.65. The van der Waals surface area contributed by atoms with Gasteiger partial charge in [-0.3, -0.25) is 0 Å². The number of halogens is 2. The Hall–Kier alpha value is -0.480. The highest BCUT2D eigenvalue weighted by Crippen LogP contribution is 2.30. The van der Waals surface area contributed by atoms with Gasteiger partial charge in [-0.05, 0) is 11.6 Å². The van der Waals surface area contributed by atoms with Crippen LogP contribution < -0.4 is 10.1 Å². The molecule has 5 heteroatoms. The molecule has 0 amide bonds. The minimum atomic E-state index is 0.0987. The molecular formula is C10H13Cl2NO2. The van der Waals surface area contributed by atoms with Crippen LogP contribution in [0.25, 0.3) is 0 Å². The van der Waals surface area contributed by atoms with Crippen molar-refractivity contribution in [2.24, 2.45) is 0 Å². The number of methoxy groups -OCH3 is 1. The Balaban J connectivity index is 2.76. The molecule has 0 unspecified atom stereocenters. The van der Waals surface area contributed by atoms with Crippen molar-refractivity contribution in [3.8, 4) is 5.75 Å². The predicted molar refractivity (Wildman–Crippen MR) is 61.8 cm³/mol. The number of rotatable bonds is 5. The van der Waals surface area contributed by atoms with Crippen LogP contribution in [-0.2, 0) is 6.54 Å². The molecule has 0 atom stereocenters.